The van der Waals surface area contributed by atoms with E-state index in [1.807, 2.05) is 55.5 Å². The number of hydrogen-bond acceptors (Lipinski definition) is 3. The second-order valence-electron chi connectivity index (χ2n) is 5.30. The second-order valence-corrected chi connectivity index (χ2v) is 5.30. The number of aromatic nitrogens is 1. The smallest absolute Gasteiger partial charge is 0.357 e. The summed E-state index contributed by atoms with van der Waals surface area (Å²) >= 11 is 0. The molecule has 0 radical (unpaired) electrons. The lowest BCUT2D eigenvalue weighted by atomic mass is 10.0. The zero-order valence-corrected chi connectivity index (χ0v) is 12.9. The Morgan fingerprint density at radius 2 is 1.57 bits per heavy atom. The molecule has 0 unspecified atom stereocenters. The molecule has 1 aromatic heterocycles. The van der Waals surface area contributed by atoms with Crippen LogP contribution in [0.25, 0.3) is 11.1 Å². The first kappa shape index (κ1) is 15.0. The normalized spacial score (nSPS) is 10.3. The molecule has 0 aliphatic rings. The highest BCUT2D eigenvalue weighted by atomic mass is 16.5. The minimum Gasteiger partial charge on any atom is -0.456 e. The van der Waals surface area contributed by atoms with Gasteiger partial charge in [-0.05, 0) is 35.7 Å². The van der Waals surface area contributed by atoms with E-state index in [0.717, 1.165) is 16.8 Å². The molecule has 3 heteroatoms. The Hall–Kier alpha value is -2.94. The van der Waals surface area contributed by atoms with Crippen LogP contribution in [0.15, 0.2) is 72.8 Å². The maximum absolute atomic E-state index is 12.0. The lowest BCUT2D eigenvalue weighted by Gasteiger charge is -2.06. The molecule has 3 aromatic rings. The predicted octanol–water partition coefficient (Wildman–Crippen LogP) is 4.41. The van der Waals surface area contributed by atoms with Crippen molar-refractivity contribution in [1.29, 1.82) is 0 Å². The molecule has 2 aromatic carbocycles. The van der Waals surface area contributed by atoms with Crippen molar-refractivity contribution < 1.29 is 9.53 Å². The molecule has 0 spiro atoms. The average Bonchev–Trinajstić information content (AvgIpc) is 2.61. The van der Waals surface area contributed by atoms with Crippen molar-refractivity contribution in [2.24, 2.45) is 0 Å². The number of carbonyl (C=O) groups excluding carboxylic acids is 1. The first-order chi connectivity index (χ1) is 11.2. The molecule has 0 bridgehead atoms. The van der Waals surface area contributed by atoms with Gasteiger partial charge in [0.05, 0.1) is 0 Å². The second kappa shape index (κ2) is 6.88. The summed E-state index contributed by atoms with van der Waals surface area (Å²) in [7, 11) is 0. The highest BCUT2D eigenvalue weighted by Crippen LogP contribution is 2.19. The molecule has 0 aliphatic carbocycles. The van der Waals surface area contributed by atoms with Gasteiger partial charge in [0.2, 0.25) is 0 Å². The molecular formula is C20H17NO2. The number of ether oxygens (including phenoxy) is 1. The third-order valence-electron chi connectivity index (χ3n) is 3.53. The minimum atomic E-state index is -0.402. The van der Waals surface area contributed by atoms with E-state index in [0.29, 0.717) is 5.69 Å². The van der Waals surface area contributed by atoms with E-state index in [9.17, 15) is 4.79 Å². The van der Waals surface area contributed by atoms with E-state index in [-0.39, 0.29) is 6.61 Å². The van der Waals surface area contributed by atoms with Crippen LogP contribution in [0.1, 0.15) is 21.7 Å². The van der Waals surface area contributed by atoms with Gasteiger partial charge in [-0.3, -0.25) is 0 Å². The van der Waals surface area contributed by atoms with E-state index < -0.39 is 5.97 Å². The molecule has 0 saturated heterocycles. The van der Waals surface area contributed by atoms with Gasteiger partial charge >= 0.3 is 5.97 Å². The van der Waals surface area contributed by atoms with Crippen LogP contribution in [0.3, 0.4) is 0 Å². The van der Waals surface area contributed by atoms with Gasteiger partial charge < -0.3 is 4.74 Å². The number of nitrogens with zero attached hydrogens (tertiary/aromatic N) is 1. The number of rotatable bonds is 4. The van der Waals surface area contributed by atoms with Gasteiger partial charge in [-0.15, -0.1) is 0 Å². The van der Waals surface area contributed by atoms with Crippen LogP contribution in [-0.4, -0.2) is 11.0 Å². The number of hydrogen-bond donors (Lipinski definition) is 0. The Morgan fingerprint density at radius 1 is 0.870 bits per heavy atom. The van der Waals surface area contributed by atoms with E-state index >= 15 is 0 Å². The molecule has 0 N–H and O–H groups in total. The van der Waals surface area contributed by atoms with Crippen molar-refractivity contribution in [2.75, 3.05) is 0 Å². The number of aryl methyl sites for hydroxylation is 1. The van der Waals surface area contributed by atoms with Crippen LogP contribution >= 0.6 is 0 Å². The summed E-state index contributed by atoms with van der Waals surface area (Å²) < 4.78 is 5.31. The van der Waals surface area contributed by atoms with Gasteiger partial charge in [0.25, 0.3) is 0 Å². The van der Waals surface area contributed by atoms with Crippen molar-refractivity contribution in [2.45, 2.75) is 13.5 Å². The highest BCUT2D eigenvalue weighted by molar-refractivity contribution is 5.87. The molecule has 0 amide bonds. The van der Waals surface area contributed by atoms with Crippen molar-refractivity contribution in [3.63, 3.8) is 0 Å². The largest absolute Gasteiger partial charge is 0.456 e. The third-order valence-corrected chi connectivity index (χ3v) is 3.53. The van der Waals surface area contributed by atoms with Crippen molar-refractivity contribution in [3.05, 3.63) is 89.7 Å². The number of carbonyl (C=O) groups is 1. The van der Waals surface area contributed by atoms with Crippen molar-refractivity contribution >= 4 is 5.97 Å². The Morgan fingerprint density at radius 3 is 2.26 bits per heavy atom. The zero-order valence-electron chi connectivity index (χ0n) is 12.9. The van der Waals surface area contributed by atoms with E-state index in [4.69, 9.17) is 4.74 Å². The van der Waals surface area contributed by atoms with Gasteiger partial charge in [0.1, 0.15) is 12.3 Å². The highest BCUT2D eigenvalue weighted by Gasteiger charge is 2.09. The number of pyridine rings is 1. The molecule has 3 nitrogen and oxygen atoms in total. The summed E-state index contributed by atoms with van der Waals surface area (Å²) in [6.45, 7) is 2.09. The van der Waals surface area contributed by atoms with Crippen LogP contribution in [0, 0.1) is 6.92 Å². The van der Waals surface area contributed by atoms with Crippen molar-refractivity contribution in [3.8, 4) is 11.1 Å². The topological polar surface area (TPSA) is 39.2 Å². The van der Waals surface area contributed by atoms with Crippen LogP contribution in [0.2, 0.25) is 0 Å². The Bertz CT molecular complexity index is 795. The van der Waals surface area contributed by atoms with E-state index in [1.54, 1.807) is 12.1 Å². The molecule has 0 atom stereocenters. The molecule has 3 rings (SSSR count). The van der Waals surface area contributed by atoms with Gasteiger partial charge in [0.15, 0.2) is 0 Å². The predicted molar refractivity (Wildman–Crippen MR) is 90.0 cm³/mol. The summed E-state index contributed by atoms with van der Waals surface area (Å²) in [5, 5.41) is 0. The summed E-state index contributed by atoms with van der Waals surface area (Å²) in [6.07, 6.45) is 0. The van der Waals surface area contributed by atoms with E-state index in [1.165, 1.54) is 5.56 Å². The molecule has 0 fully saturated rings. The maximum atomic E-state index is 12.0. The average molecular weight is 303 g/mol. The van der Waals surface area contributed by atoms with Crippen LogP contribution < -0.4 is 0 Å². The Balaban J connectivity index is 1.64. The lowest BCUT2D eigenvalue weighted by molar-refractivity contribution is 0.0465. The zero-order chi connectivity index (χ0) is 16.1. The van der Waals surface area contributed by atoms with Crippen LogP contribution in [0.4, 0.5) is 0 Å². The molecule has 0 saturated carbocycles. The van der Waals surface area contributed by atoms with Gasteiger partial charge in [-0.1, -0.05) is 60.7 Å². The molecule has 114 valence electrons. The number of benzene rings is 2. The fraction of sp³-hybridized carbons (Fsp3) is 0.100. The summed E-state index contributed by atoms with van der Waals surface area (Å²) in [5.41, 5.74) is 4.39. The monoisotopic (exact) mass is 303 g/mol. The summed E-state index contributed by atoms with van der Waals surface area (Å²) in [5.74, 6) is -0.402. The summed E-state index contributed by atoms with van der Waals surface area (Å²) in [6, 6.07) is 23.5. The molecular weight excluding hydrogens is 286 g/mol. The number of esters is 1. The van der Waals surface area contributed by atoms with Gasteiger partial charge in [-0.25, -0.2) is 9.78 Å². The molecule has 23 heavy (non-hydrogen) atoms. The third kappa shape index (κ3) is 3.83. The van der Waals surface area contributed by atoms with Gasteiger partial charge in [0, 0.05) is 5.69 Å². The first-order valence-electron chi connectivity index (χ1n) is 7.47. The van der Waals surface area contributed by atoms with Gasteiger partial charge in [-0.2, -0.15) is 0 Å². The van der Waals surface area contributed by atoms with Crippen molar-refractivity contribution in [1.82, 2.24) is 4.98 Å². The van der Waals surface area contributed by atoms with E-state index in [2.05, 4.69) is 17.1 Å². The van der Waals surface area contributed by atoms with Crippen LogP contribution in [0.5, 0.6) is 0 Å². The molecule has 0 aliphatic heterocycles. The SMILES string of the molecule is Cc1cccc(C(=O)OCc2ccc(-c3ccccc3)cc2)n1. The first-order valence-corrected chi connectivity index (χ1v) is 7.47. The summed E-state index contributed by atoms with van der Waals surface area (Å²) in [4.78, 5) is 16.1. The quantitative estimate of drug-likeness (QED) is 0.670. The minimum absolute atomic E-state index is 0.240. The fourth-order valence-corrected chi connectivity index (χ4v) is 2.30. The molecule has 1 heterocycles. The maximum Gasteiger partial charge on any atom is 0.357 e. The standard InChI is InChI=1S/C20H17NO2/c1-15-6-5-9-19(21-15)20(22)23-14-16-10-12-18(13-11-16)17-7-3-2-4-8-17/h2-13H,14H2,1H3. The lowest BCUT2D eigenvalue weighted by Crippen LogP contribution is -2.07. The Labute approximate surface area is 135 Å². The Kier molecular flexibility index (Phi) is 4.48. The van der Waals surface area contributed by atoms with Crippen LogP contribution in [-0.2, 0) is 11.3 Å². The fourth-order valence-electron chi connectivity index (χ4n) is 2.30.